The number of nitrogens with zero attached hydrogens (tertiary/aromatic N) is 2. The molecule has 0 unspecified atom stereocenters. The monoisotopic (exact) mass is 464 g/mol. The fraction of sp³-hybridized carbons (Fsp3) is 0.107. The van der Waals surface area contributed by atoms with Crippen LogP contribution in [0.2, 0.25) is 0 Å². The predicted octanol–water partition coefficient (Wildman–Crippen LogP) is 4.59. The Balaban J connectivity index is 1.50. The summed E-state index contributed by atoms with van der Waals surface area (Å²) in [6.45, 7) is 0. The zero-order valence-electron chi connectivity index (χ0n) is 18.4. The number of fused-ring (bicyclic) bond motifs is 2. The van der Waals surface area contributed by atoms with Crippen molar-refractivity contribution in [2.45, 2.75) is 12.1 Å². The molecule has 2 amide bonds. The van der Waals surface area contributed by atoms with Gasteiger partial charge in [0.25, 0.3) is 5.91 Å². The number of imide groups is 1. The number of para-hydroxylation sites is 1. The molecule has 2 aliphatic rings. The number of carbonyl (C=O) groups excluding carboxylic acids is 2. The second-order valence-electron chi connectivity index (χ2n) is 8.56. The molecule has 4 aromatic rings. The number of hydrogen-bond donors (Lipinski definition) is 1. The first-order valence-electron chi connectivity index (χ1n) is 11.2. The van der Waals surface area contributed by atoms with Crippen LogP contribution in [-0.4, -0.2) is 29.0 Å². The van der Waals surface area contributed by atoms with Crippen molar-refractivity contribution in [3.05, 3.63) is 108 Å². The van der Waals surface area contributed by atoms with E-state index in [0.29, 0.717) is 16.9 Å². The second-order valence-corrected chi connectivity index (χ2v) is 8.56. The summed E-state index contributed by atoms with van der Waals surface area (Å²) >= 11 is 0. The Labute approximate surface area is 200 Å². The third-order valence-electron chi connectivity index (χ3n) is 6.64. The van der Waals surface area contributed by atoms with E-state index in [1.54, 1.807) is 42.5 Å². The zero-order chi connectivity index (χ0) is 24.1. The molecule has 6 rings (SSSR count). The van der Waals surface area contributed by atoms with Crippen molar-refractivity contribution in [1.82, 2.24) is 0 Å². The number of carboxylic acid groups (broad SMARTS) is 1. The van der Waals surface area contributed by atoms with Gasteiger partial charge in [-0.2, -0.15) is 0 Å². The number of hydrogen-bond acceptors (Lipinski definition) is 5. The van der Waals surface area contributed by atoms with Gasteiger partial charge >= 0.3 is 5.97 Å². The molecular formula is C28H20N2O5. The van der Waals surface area contributed by atoms with Crippen LogP contribution in [0.1, 0.15) is 22.0 Å². The molecule has 1 N–H and O–H groups in total. The predicted molar refractivity (Wildman–Crippen MR) is 130 cm³/mol. The topological polar surface area (TPSA) is 87.2 Å². The van der Waals surface area contributed by atoms with Crippen molar-refractivity contribution >= 4 is 39.9 Å². The van der Waals surface area contributed by atoms with Gasteiger partial charge in [-0.3, -0.25) is 14.4 Å². The highest BCUT2D eigenvalue weighted by atomic mass is 16.7. The summed E-state index contributed by atoms with van der Waals surface area (Å²) in [4.78, 5) is 47.0. The minimum absolute atomic E-state index is 0.0616. The summed E-state index contributed by atoms with van der Waals surface area (Å²) in [5.74, 6) is -2.91. The van der Waals surface area contributed by atoms with E-state index in [0.717, 1.165) is 10.8 Å². The Morgan fingerprint density at radius 1 is 0.771 bits per heavy atom. The first-order chi connectivity index (χ1) is 17.1. The third kappa shape index (κ3) is 3.20. The lowest BCUT2D eigenvalue weighted by molar-refractivity contribution is -0.126. The molecule has 2 aliphatic heterocycles. The molecule has 0 saturated carbocycles. The van der Waals surface area contributed by atoms with E-state index >= 15 is 0 Å². The highest BCUT2D eigenvalue weighted by Crippen LogP contribution is 2.48. The minimum atomic E-state index is -1.11. The molecule has 2 saturated heterocycles. The molecule has 4 aromatic carbocycles. The summed E-state index contributed by atoms with van der Waals surface area (Å²) in [6.07, 6.45) is -1.08. The van der Waals surface area contributed by atoms with Crippen molar-refractivity contribution < 1.29 is 24.3 Å². The maximum Gasteiger partial charge on any atom is 0.336 e. The molecule has 35 heavy (non-hydrogen) atoms. The number of carboxylic acids is 1. The standard InChI is InChI=1S/C28H20N2O5/c31-26-23-24(20-14-6-7-15-21(20)28(33)34)30(18-11-2-1-3-12-18)35-25(23)27(32)29(26)22-16-8-10-17-9-4-5-13-19(17)22/h1-16,23-25H,(H,33,34)/t23-,24-,25+/m1/s1. The average molecular weight is 464 g/mol. The number of anilines is 2. The number of aromatic carboxylic acids is 1. The fourth-order valence-electron chi connectivity index (χ4n) is 5.12. The molecule has 7 heteroatoms. The van der Waals surface area contributed by atoms with Gasteiger partial charge in [0, 0.05) is 5.39 Å². The molecule has 172 valence electrons. The zero-order valence-corrected chi connectivity index (χ0v) is 18.4. The van der Waals surface area contributed by atoms with Crippen molar-refractivity contribution in [2.75, 3.05) is 9.96 Å². The van der Waals surface area contributed by atoms with E-state index in [9.17, 15) is 19.5 Å². The van der Waals surface area contributed by atoms with Gasteiger partial charge in [-0.15, -0.1) is 0 Å². The molecule has 0 aliphatic carbocycles. The Hall–Kier alpha value is -4.49. The SMILES string of the molecule is O=C(O)c1ccccc1[C@@H]1[C@H]2C(=O)N(c3cccc4ccccc34)C(=O)[C@H]2ON1c1ccccc1. The number of benzene rings is 4. The number of rotatable bonds is 4. The number of hydroxylamine groups is 1. The fourth-order valence-corrected chi connectivity index (χ4v) is 5.12. The highest BCUT2D eigenvalue weighted by molar-refractivity contribution is 6.26. The second kappa shape index (κ2) is 8.07. The lowest BCUT2D eigenvalue weighted by atomic mass is 9.88. The number of carbonyl (C=O) groups is 3. The smallest absolute Gasteiger partial charge is 0.336 e. The first-order valence-corrected chi connectivity index (χ1v) is 11.2. The molecule has 0 aromatic heterocycles. The van der Waals surface area contributed by atoms with Gasteiger partial charge in [0.1, 0.15) is 5.92 Å². The quantitative estimate of drug-likeness (QED) is 0.445. The molecule has 0 spiro atoms. The van der Waals surface area contributed by atoms with Crippen LogP contribution >= 0.6 is 0 Å². The van der Waals surface area contributed by atoms with Gasteiger partial charge in [0.05, 0.1) is 23.0 Å². The minimum Gasteiger partial charge on any atom is -0.478 e. The van der Waals surface area contributed by atoms with E-state index in [1.807, 2.05) is 48.5 Å². The van der Waals surface area contributed by atoms with Crippen LogP contribution in [-0.2, 0) is 14.4 Å². The van der Waals surface area contributed by atoms with E-state index in [1.165, 1.54) is 16.0 Å². The molecule has 0 bridgehead atoms. The normalized spacial score (nSPS) is 21.5. The summed E-state index contributed by atoms with van der Waals surface area (Å²) in [7, 11) is 0. The van der Waals surface area contributed by atoms with Crippen molar-refractivity contribution in [1.29, 1.82) is 0 Å². The van der Waals surface area contributed by atoms with Crippen molar-refractivity contribution in [3.63, 3.8) is 0 Å². The Bertz CT molecular complexity index is 1480. The lowest BCUT2D eigenvalue weighted by Gasteiger charge is -2.29. The van der Waals surface area contributed by atoms with E-state index < -0.39 is 35.8 Å². The summed E-state index contributed by atoms with van der Waals surface area (Å²) in [5, 5.41) is 13.1. The van der Waals surface area contributed by atoms with Gasteiger partial charge in [-0.05, 0) is 35.2 Å². The lowest BCUT2D eigenvalue weighted by Crippen LogP contribution is -2.37. The summed E-state index contributed by atoms with van der Waals surface area (Å²) in [6, 6.07) is 27.8. The molecule has 2 fully saturated rings. The van der Waals surface area contributed by atoms with Crippen LogP contribution in [0.3, 0.4) is 0 Å². The van der Waals surface area contributed by atoms with E-state index in [-0.39, 0.29) is 5.56 Å². The van der Waals surface area contributed by atoms with Crippen molar-refractivity contribution in [3.8, 4) is 0 Å². The Morgan fingerprint density at radius 2 is 1.46 bits per heavy atom. The Kier molecular flexibility index (Phi) is 4.86. The van der Waals surface area contributed by atoms with Gasteiger partial charge < -0.3 is 5.11 Å². The van der Waals surface area contributed by atoms with Crippen LogP contribution in [0.5, 0.6) is 0 Å². The summed E-state index contributed by atoms with van der Waals surface area (Å²) < 4.78 is 0. The van der Waals surface area contributed by atoms with Crippen LogP contribution in [0.15, 0.2) is 97.1 Å². The molecule has 7 nitrogen and oxygen atoms in total. The van der Waals surface area contributed by atoms with E-state index in [2.05, 4.69) is 0 Å². The molecule has 0 radical (unpaired) electrons. The maximum absolute atomic E-state index is 13.9. The highest BCUT2D eigenvalue weighted by Gasteiger charge is 2.60. The van der Waals surface area contributed by atoms with Gasteiger partial charge in [0.2, 0.25) is 5.91 Å². The van der Waals surface area contributed by atoms with Gasteiger partial charge in [0.15, 0.2) is 6.10 Å². The summed E-state index contributed by atoms with van der Waals surface area (Å²) in [5.41, 5.74) is 1.60. The molecule has 3 atom stereocenters. The van der Waals surface area contributed by atoms with Crippen molar-refractivity contribution in [2.24, 2.45) is 5.92 Å². The van der Waals surface area contributed by atoms with Crippen LogP contribution in [0, 0.1) is 5.92 Å². The molecule has 2 heterocycles. The van der Waals surface area contributed by atoms with Crippen LogP contribution in [0.4, 0.5) is 11.4 Å². The molecular weight excluding hydrogens is 444 g/mol. The third-order valence-corrected chi connectivity index (χ3v) is 6.64. The van der Waals surface area contributed by atoms with Gasteiger partial charge in [-0.25, -0.2) is 14.8 Å². The number of amides is 2. The Morgan fingerprint density at radius 3 is 2.26 bits per heavy atom. The maximum atomic E-state index is 13.9. The van der Waals surface area contributed by atoms with Crippen LogP contribution in [0.25, 0.3) is 10.8 Å². The average Bonchev–Trinajstić information content (AvgIpc) is 3.40. The van der Waals surface area contributed by atoms with Gasteiger partial charge in [-0.1, -0.05) is 72.8 Å². The van der Waals surface area contributed by atoms with Crippen LogP contribution < -0.4 is 9.96 Å². The van der Waals surface area contributed by atoms with E-state index in [4.69, 9.17) is 4.84 Å². The largest absolute Gasteiger partial charge is 0.478 e. The first kappa shape index (κ1) is 21.1.